The van der Waals surface area contributed by atoms with Gasteiger partial charge < -0.3 is 4.90 Å². The molecule has 1 amide bonds. The maximum absolute atomic E-state index is 13.5. The lowest BCUT2D eigenvalue weighted by Gasteiger charge is -2.32. The van der Waals surface area contributed by atoms with Gasteiger partial charge in [0, 0.05) is 25.8 Å². The Hall–Kier alpha value is -2.45. The molecule has 30 heavy (non-hydrogen) atoms. The van der Waals surface area contributed by atoms with Gasteiger partial charge >= 0.3 is 0 Å². The number of fused-ring (bicyclic) bond motifs is 1. The standard InChI is InChI=1S/C22H24N4O2S2/c1-4-9-25-21(28)17(30-22(25)29)12-16-19(24-10-7-14(2)8-11-24)23-18-6-5-15(3)13-26(18)20(16)27/h4-6,12-14H,1,7-11H2,2-3H3. The second-order valence-corrected chi connectivity index (χ2v) is 9.52. The lowest BCUT2D eigenvalue weighted by Crippen LogP contribution is -2.36. The molecular weight excluding hydrogens is 416 g/mol. The van der Waals surface area contributed by atoms with E-state index < -0.39 is 0 Å². The summed E-state index contributed by atoms with van der Waals surface area (Å²) in [6, 6.07) is 3.81. The Kier molecular flexibility index (Phi) is 5.79. The van der Waals surface area contributed by atoms with Crippen molar-refractivity contribution in [3.05, 3.63) is 57.4 Å². The molecule has 0 N–H and O–H groups in total. The van der Waals surface area contributed by atoms with Crippen LogP contribution in [0.2, 0.25) is 0 Å². The normalized spacial score (nSPS) is 19.3. The molecule has 2 fully saturated rings. The van der Waals surface area contributed by atoms with Crippen LogP contribution in [0.25, 0.3) is 11.7 Å². The molecular formula is C22H24N4O2S2. The van der Waals surface area contributed by atoms with Crippen LogP contribution in [-0.4, -0.2) is 44.1 Å². The number of carbonyl (C=O) groups is 1. The minimum absolute atomic E-state index is 0.175. The van der Waals surface area contributed by atoms with E-state index >= 15 is 0 Å². The molecule has 0 aromatic carbocycles. The number of thioether (sulfide) groups is 1. The summed E-state index contributed by atoms with van der Waals surface area (Å²) in [5, 5.41) is 0. The Morgan fingerprint density at radius 2 is 2.03 bits per heavy atom. The number of aromatic nitrogens is 2. The zero-order chi connectivity index (χ0) is 21.4. The van der Waals surface area contributed by atoms with Crippen molar-refractivity contribution in [1.82, 2.24) is 14.3 Å². The molecule has 0 aliphatic carbocycles. The van der Waals surface area contributed by atoms with Crippen LogP contribution in [0.5, 0.6) is 0 Å². The Morgan fingerprint density at radius 1 is 1.30 bits per heavy atom. The number of rotatable bonds is 4. The Morgan fingerprint density at radius 3 is 2.73 bits per heavy atom. The summed E-state index contributed by atoms with van der Waals surface area (Å²) < 4.78 is 2.03. The predicted octanol–water partition coefficient (Wildman–Crippen LogP) is 3.63. The number of anilines is 1. The summed E-state index contributed by atoms with van der Waals surface area (Å²) in [5.74, 6) is 1.10. The topological polar surface area (TPSA) is 57.9 Å². The molecule has 0 spiro atoms. The van der Waals surface area contributed by atoms with Crippen LogP contribution < -0.4 is 10.5 Å². The first-order valence-electron chi connectivity index (χ1n) is 10.0. The SMILES string of the molecule is C=CCN1C(=O)C(=Cc2c(N3CCC(C)CC3)nc3ccc(C)cn3c2=O)SC1=S. The minimum Gasteiger partial charge on any atom is -0.356 e. The zero-order valence-electron chi connectivity index (χ0n) is 17.1. The number of hydrogen-bond donors (Lipinski definition) is 0. The second-order valence-electron chi connectivity index (χ2n) is 7.84. The third-order valence-corrected chi connectivity index (χ3v) is 6.91. The van der Waals surface area contributed by atoms with E-state index in [1.807, 2.05) is 19.1 Å². The predicted molar refractivity (Wildman–Crippen MR) is 127 cm³/mol. The number of aryl methyl sites for hydroxylation is 1. The molecule has 2 saturated heterocycles. The molecule has 2 aromatic heterocycles. The molecule has 6 nitrogen and oxygen atoms in total. The first-order chi connectivity index (χ1) is 14.4. The number of piperidine rings is 1. The molecule has 2 aliphatic heterocycles. The zero-order valence-corrected chi connectivity index (χ0v) is 18.8. The first-order valence-corrected chi connectivity index (χ1v) is 11.3. The van der Waals surface area contributed by atoms with E-state index in [1.54, 1.807) is 22.7 Å². The highest BCUT2D eigenvalue weighted by molar-refractivity contribution is 8.26. The quantitative estimate of drug-likeness (QED) is 0.411. The summed E-state index contributed by atoms with van der Waals surface area (Å²) in [6.07, 6.45) is 7.20. The number of thiocarbonyl (C=S) groups is 1. The number of hydrogen-bond acceptors (Lipinski definition) is 6. The van der Waals surface area contributed by atoms with E-state index in [0.717, 1.165) is 31.5 Å². The van der Waals surface area contributed by atoms with Gasteiger partial charge in [0.1, 0.15) is 15.8 Å². The monoisotopic (exact) mass is 440 g/mol. The summed E-state index contributed by atoms with van der Waals surface area (Å²) in [4.78, 5) is 35.2. The molecule has 4 rings (SSSR count). The maximum Gasteiger partial charge on any atom is 0.267 e. The Labute approximate surface area is 185 Å². The fourth-order valence-corrected chi connectivity index (χ4v) is 5.01. The van der Waals surface area contributed by atoms with Crippen LogP contribution in [0, 0.1) is 12.8 Å². The van der Waals surface area contributed by atoms with E-state index in [-0.39, 0.29) is 11.5 Å². The van der Waals surface area contributed by atoms with Crippen molar-refractivity contribution in [2.75, 3.05) is 24.5 Å². The summed E-state index contributed by atoms with van der Waals surface area (Å²) >= 11 is 6.56. The maximum atomic E-state index is 13.5. The third-order valence-electron chi connectivity index (χ3n) is 5.53. The molecule has 2 aromatic rings. The van der Waals surface area contributed by atoms with Crippen molar-refractivity contribution in [1.29, 1.82) is 0 Å². The van der Waals surface area contributed by atoms with Gasteiger partial charge in [0.05, 0.1) is 10.5 Å². The van der Waals surface area contributed by atoms with Gasteiger partial charge in [-0.25, -0.2) is 4.98 Å². The summed E-state index contributed by atoms with van der Waals surface area (Å²) in [5.41, 5.74) is 1.84. The van der Waals surface area contributed by atoms with Gasteiger partial charge in [-0.05, 0) is 43.4 Å². The summed E-state index contributed by atoms with van der Waals surface area (Å²) in [7, 11) is 0. The van der Waals surface area contributed by atoms with E-state index in [2.05, 4.69) is 18.4 Å². The fourth-order valence-electron chi connectivity index (χ4n) is 3.75. The van der Waals surface area contributed by atoms with Crippen molar-refractivity contribution >= 4 is 51.7 Å². The van der Waals surface area contributed by atoms with Gasteiger partial charge in [0.2, 0.25) is 0 Å². The van der Waals surface area contributed by atoms with Gasteiger partial charge in [-0.2, -0.15) is 0 Å². The highest BCUT2D eigenvalue weighted by Crippen LogP contribution is 2.34. The molecule has 0 bridgehead atoms. The smallest absolute Gasteiger partial charge is 0.267 e. The Balaban J connectivity index is 1.87. The minimum atomic E-state index is -0.197. The van der Waals surface area contributed by atoms with Crippen molar-refractivity contribution in [3.63, 3.8) is 0 Å². The molecule has 156 valence electrons. The van der Waals surface area contributed by atoms with E-state index in [4.69, 9.17) is 17.2 Å². The number of carbonyl (C=O) groups excluding carboxylic acids is 1. The molecule has 8 heteroatoms. The molecule has 0 unspecified atom stereocenters. The fraction of sp³-hybridized carbons (Fsp3) is 0.364. The third kappa shape index (κ3) is 3.81. The van der Waals surface area contributed by atoms with Crippen LogP contribution in [0.3, 0.4) is 0 Å². The van der Waals surface area contributed by atoms with Crippen LogP contribution in [0.15, 0.2) is 40.7 Å². The van der Waals surface area contributed by atoms with Crippen molar-refractivity contribution < 1.29 is 4.79 Å². The second kappa shape index (κ2) is 8.35. The highest BCUT2D eigenvalue weighted by Gasteiger charge is 2.32. The van der Waals surface area contributed by atoms with Gasteiger partial charge in [0.15, 0.2) is 0 Å². The molecule has 0 radical (unpaired) electrons. The van der Waals surface area contributed by atoms with Gasteiger partial charge in [-0.3, -0.25) is 18.9 Å². The summed E-state index contributed by atoms with van der Waals surface area (Å²) in [6.45, 7) is 9.91. The highest BCUT2D eigenvalue weighted by atomic mass is 32.2. The van der Waals surface area contributed by atoms with Gasteiger partial charge in [-0.15, -0.1) is 6.58 Å². The van der Waals surface area contributed by atoms with E-state index in [9.17, 15) is 9.59 Å². The average Bonchev–Trinajstić information content (AvgIpc) is 2.99. The lowest BCUT2D eigenvalue weighted by molar-refractivity contribution is -0.121. The number of pyridine rings is 1. The molecule has 0 saturated carbocycles. The van der Waals surface area contributed by atoms with Gasteiger partial charge in [-0.1, -0.05) is 43.0 Å². The van der Waals surface area contributed by atoms with Crippen LogP contribution in [0.1, 0.15) is 30.9 Å². The molecule has 0 atom stereocenters. The van der Waals surface area contributed by atoms with Crippen LogP contribution >= 0.6 is 24.0 Å². The van der Waals surface area contributed by atoms with Gasteiger partial charge in [0.25, 0.3) is 11.5 Å². The average molecular weight is 441 g/mol. The lowest BCUT2D eigenvalue weighted by atomic mass is 9.99. The Bertz CT molecular complexity index is 1130. The van der Waals surface area contributed by atoms with Crippen LogP contribution in [-0.2, 0) is 4.79 Å². The molecule has 4 heterocycles. The largest absolute Gasteiger partial charge is 0.356 e. The van der Waals surface area contributed by atoms with Crippen molar-refractivity contribution in [2.24, 2.45) is 5.92 Å². The van der Waals surface area contributed by atoms with Crippen molar-refractivity contribution in [3.8, 4) is 0 Å². The van der Waals surface area contributed by atoms with E-state index in [0.29, 0.717) is 38.7 Å². The first kappa shape index (κ1) is 20.8. The van der Waals surface area contributed by atoms with Crippen LogP contribution in [0.4, 0.5) is 5.82 Å². The molecule has 2 aliphatic rings. The van der Waals surface area contributed by atoms with Crippen molar-refractivity contribution in [2.45, 2.75) is 26.7 Å². The number of amides is 1. The van der Waals surface area contributed by atoms with E-state index in [1.165, 1.54) is 16.7 Å². The number of nitrogens with zero attached hydrogens (tertiary/aromatic N) is 4.